The van der Waals surface area contributed by atoms with Crippen LogP contribution in [0.2, 0.25) is 0 Å². The molecule has 118 valence electrons. The van der Waals surface area contributed by atoms with Gasteiger partial charge in [0.1, 0.15) is 0 Å². The van der Waals surface area contributed by atoms with E-state index >= 15 is 0 Å². The van der Waals surface area contributed by atoms with Crippen molar-refractivity contribution in [2.24, 2.45) is 23.0 Å². The Morgan fingerprint density at radius 1 is 1.30 bits per heavy atom. The molecule has 0 atom stereocenters. The molecule has 2 fully saturated rings. The van der Waals surface area contributed by atoms with Gasteiger partial charge >= 0.3 is 0 Å². The molecular formula is C15H29ClN2O2. The van der Waals surface area contributed by atoms with Crippen LogP contribution in [-0.2, 0) is 9.53 Å². The van der Waals surface area contributed by atoms with Gasteiger partial charge < -0.3 is 15.4 Å². The Balaban J connectivity index is 0.00000200. The summed E-state index contributed by atoms with van der Waals surface area (Å²) in [5.74, 6) is 1.77. The number of amides is 1. The molecule has 20 heavy (non-hydrogen) atoms. The van der Waals surface area contributed by atoms with E-state index in [1.807, 2.05) is 0 Å². The van der Waals surface area contributed by atoms with Crippen LogP contribution in [0.3, 0.4) is 0 Å². The van der Waals surface area contributed by atoms with Gasteiger partial charge in [-0.15, -0.1) is 12.4 Å². The first-order valence-electron chi connectivity index (χ1n) is 7.66. The van der Waals surface area contributed by atoms with Crippen LogP contribution in [-0.4, -0.2) is 43.7 Å². The standard InChI is InChI=1S/C15H28N2O2.ClH/c1-12(2)13-3-7-17(8-4-13)14(18)15(11-16)5-9-19-10-6-15;/h12-13H,3-11,16H2,1-2H3;1H. The maximum atomic E-state index is 12.8. The monoisotopic (exact) mass is 304 g/mol. The van der Waals surface area contributed by atoms with Crippen molar-refractivity contribution in [2.45, 2.75) is 39.5 Å². The summed E-state index contributed by atoms with van der Waals surface area (Å²) in [5, 5.41) is 0. The highest BCUT2D eigenvalue weighted by molar-refractivity contribution is 5.85. The number of ether oxygens (including phenoxy) is 1. The molecule has 0 saturated carbocycles. The van der Waals surface area contributed by atoms with E-state index in [2.05, 4.69) is 18.7 Å². The predicted molar refractivity (Wildman–Crippen MR) is 82.9 cm³/mol. The molecule has 0 aromatic heterocycles. The highest BCUT2D eigenvalue weighted by Gasteiger charge is 2.42. The summed E-state index contributed by atoms with van der Waals surface area (Å²) in [5.41, 5.74) is 5.57. The number of rotatable bonds is 3. The number of carbonyl (C=O) groups excluding carboxylic acids is 1. The van der Waals surface area contributed by atoms with Crippen molar-refractivity contribution in [3.05, 3.63) is 0 Å². The molecule has 0 radical (unpaired) electrons. The van der Waals surface area contributed by atoms with Gasteiger partial charge in [0.05, 0.1) is 5.41 Å². The van der Waals surface area contributed by atoms with Gasteiger partial charge in [-0.2, -0.15) is 0 Å². The Morgan fingerprint density at radius 2 is 1.85 bits per heavy atom. The first-order valence-corrected chi connectivity index (χ1v) is 7.66. The van der Waals surface area contributed by atoms with Gasteiger partial charge in [0.15, 0.2) is 0 Å². The summed E-state index contributed by atoms with van der Waals surface area (Å²) in [7, 11) is 0. The van der Waals surface area contributed by atoms with Crippen LogP contribution in [0.15, 0.2) is 0 Å². The van der Waals surface area contributed by atoms with Crippen molar-refractivity contribution in [3.8, 4) is 0 Å². The van der Waals surface area contributed by atoms with E-state index in [9.17, 15) is 4.79 Å². The molecule has 2 heterocycles. The fourth-order valence-corrected chi connectivity index (χ4v) is 3.37. The molecule has 2 rings (SSSR count). The third kappa shape index (κ3) is 3.66. The Labute approximate surface area is 128 Å². The topological polar surface area (TPSA) is 55.6 Å². The maximum absolute atomic E-state index is 12.8. The minimum Gasteiger partial charge on any atom is -0.381 e. The third-order valence-corrected chi connectivity index (χ3v) is 5.06. The van der Waals surface area contributed by atoms with Gasteiger partial charge in [-0.1, -0.05) is 13.8 Å². The number of nitrogens with zero attached hydrogens (tertiary/aromatic N) is 1. The summed E-state index contributed by atoms with van der Waals surface area (Å²) >= 11 is 0. The lowest BCUT2D eigenvalue weighted by Crippen LogP contribution is -2.52. The van der Waals surface area contributed by atoms with E-state index in [0.29, 0.717) is 19.8 Å². The van der Waals surface area contributed by atoms with E-state index in [-0.39, 0.29) is 23.7 Å². The number of nitrogens with two attached hydrogens (primary N) is 1. The number of hydrogen-bond acceptors (Lipinski definition) is 3. The zero-order chi connectivity index (χ0) is 13.9. The van der Waals surface area contributed by atoms with Crippen LogP contribution in [0.4, 0.5) is 0 Å². The fraction of sp³-hybridized carbons (Fsp3) is 0.933. The molecule has 2 aliphatic heterocycles. The Morgan fingerprint density at radius 3 is 2.30 bits per heavy atom. The molecular weight excluding hydrogens is 276 g/mol. The summed E-state index contributed by atoms with van der Waals surface area (Å²) in [6.07, 6.45) is 3.85. The van der Waals surface area contributed by atoms with E-state index in [1.165, 1.54) is 0 Å². The Kier molecular flexibility index (Phi) is 6.76. The molecule has 1 amide bonds. The van der Waals surface area contributed by atoms with E-state index in [1.54, 1.807) is 0 Å². The van der Waals surface area contributed by atoms with Gasteiger partial charge in [-0.3, -0.25) is 4.79 Å². The zero-order valence-electron chi connectivity index (χ0n) is 12.8. The highest BCUT2D eigenvalue weighted by atomic mass is 35.5. The summed E-state index contributed by atoms with van der Waals surface area (Å²) in [6, 6.07) is 0. The van der Waals surface area contributed by atoms with Gasteiger partial charge in [0, 0.05) is 32.8 Å². The lowest BCUT2D eigenvalue weighted by atomic mass is 9.78. The quantitative estimate of drug-likeness (QED) is 0.868. The van der Waals surface area contributed by atoms with Crippen LogP contribution in [0, 0.1) is 17.3 Å². The fourth-order valence-electron chi connectivity index (χ4n) is 3.37. The lowest BCUT2D eigenvalue weighted by Gasteiger charge is -2.42. The molecule has 4 nitrogen and oxygen atoms in total. The van der Waals surface area contributed by atoms with Crippen molar-refractivity contribution < 1.29 is 9.53 Å². The SMILES string of the molecule is CC(C)C1CCN(C(=O)C2(CN)CCOCC2)CC1.Cl. The minimum atomic E-state index is -0.344. The van der Waals surface area contributed by atoms with Gasteiger partial charge in [-0.25, -0.2) is 0 Å². The molecule has 0 unspecified atom stereocenters. The Hall–Kier alpha value is -0.320. The van der Waals surface area contributed by atoms with Gasteiger partial charge in [0.2, 0.25) is 5.91 Å². The molecule has 0 aromatic rings. The van der Waals surface area contributed by atoms with Crippen molar-refractivity contribution in [1.29, 1.82) is 0 Å². The number of hydrogen-bond donors (Lipinski definition) is 1. The number of likely N-dealkylation sites (tertiary alicyclic amines) is 1. The number of carbonyl (C=O) groups is 1. The van der Waals surface area contributed by atoms with Crippen molar-refractivity contribution in [3.63, 3.8) is 0 Å². The second-order valence-corrected chi connectivity index (χ2v) is 6.47. The van der Waals surface area contributed by atoms with Crippen LogP contribution < -0.4 is 5.73 Å². The second-order valence-electron chi connectivity index (χ2n) is 6.47. The molecule has 0 spiro atoms. The van der Waals surface area contributed by atoms with Crippen molar-refractivity contribution >= 4 is 18.3 Å². The summed E-state index contributed by atoms with van der Waals surface area (Å²) < 4.78 is 5.39. The van der Waals surface area contributed by atoms with Crippen LogP contribution in [0.1, 0.15) is 39.5 Å². The first kappa shape index (κ1) is 17.7. The average molecular weight is 305 g/mol. The van der Waals surface area contributed by atoms with E-state index in [4.69, 9.17) is 10.5 Å². The van der Waals surface area contributed by atoms with E-state index in [0.717, 1.165) is 50.6 Å². The lowest BCUT2D eigenvalue weighted by molar-refractivity contribution is -0.148. The molecule has 0 aromatic carbocycles. The van der Waals surface area contributed by atoms with Crippen molar-refractivity contribution in [1.82, 2.24) is 4.90 Å². The molecule has 2 saturated heterocycles. The number of piperidine rings is 1. The molecule has 0 aliphatic carbocycles. The highest BCUT2D eigenvalue weighted by Crippen LogP contribution is 2.34. The smallest absolute Gasteiger partial charge is 0.230 e. The first-order chi connectivity index (χ1) is 9.09. The van der Waals surface area contributed by atoms with Crippen LogP contribution in [0.25, 0.3) is 0 Å². The molecule has 0 bridgehead atoms. The Bertz CT molecular complexity index is 309. The maximum Gasteiger partial charge on any atom is 0.230 e. The third-order valence-electron chi connectivity index (χ3n) is 5.06. The minimum absolute atomic E-state index is 0. The van der Waals surface area contributed by atoms with E-state index < -0.39 is 0 Å². The predicted octanol–water partition coefficient (Wildman–Crippen LogP) is 2.06. The average Bonchev–Trinajstić information content (AvgIpc) is 2.47. The number of halogens is 1. The summed E-state index contributed by atoms with van der Waals surface area (Å²) in [4.78, 5) is 14.8. The molecule has 5 heteroatoms. The van der Waals surface area contributed by atoms with Crippen molar-refractivity contribution in [2.75, 3.05) is 32.8 Å². The van der Waals surface area contributed by atoms with Crippen LogP contribution >= 0.6 is 12.4 Å². The van der Waals surface area contributed by atoms with Crippen LogP contribution in [0.5, 0.6) is 0 Å². The molecule has 2 aliphatic rings. The van der Waals surface area contributed by atoms with Gasteiger partial charge in [-0.05, 0) is 37.5 Å². The molecule has 2 N–H and O–H groups in total. The second kappa shape index (κ2) is 7.62. The largest absolute Gasteiger partial charge is 0.381 e. The van der Waals surface area contributed by atoms with Gasteiger partial charge in [0.25, 0.3) is 0 Å². The summed E-state index contributed by atoms with van der Waals surface area (Å²) in [6.45, 7) is 8.18. The normalized spacial score (nSPS) is 23.5. The zero-order valence-corrected chi connectivity index (χ0v) is 13.6.